The van der Waals surface area contributed by atoms with Crippen LogP contribution in [-0.4, -0.2) is 32.2 Å². The second-order valence-electron chi connectivity index (χ2n) is 5.20. The number of rotatable bonds is 4. The molecule has 2 aromatic carbocycles. The van der Waals surface area contributed by atoms with E-state index in [1.807, 2.05) is 6.07 Å². The number of fused-ring (bicyclic) bond motifs is 1. The van der Waals surface area contributed by atoms with Crippen molar-refractivity contribution in [3.8, 4) is 11.5 Å². The van der Waals surface area contributed by atoms with E-state index in [1.54, 1.807) is 42.5 Å². The van der Waals surface area contributed by atoms with Crippen LogP contribution in [0.15, 0.2) is 48.5 Å². The van der Waals surface area contributed by atoms with Crippen molar-refractivity contribution >= 4 is 11.9 Å². The molecule has 1 unspecified atom stereocenters. The van der Waals surface area contributed by atoms with Crippen molar-refractivity contribution in [2.75, 3.05) is 20.3 Å². The lowest BCUT2D eigenvalue weighted by Gasteiger charge is -2.20. The van der Waals surface area contributed by atoms with E-state index in [4.69, 9.17) is 14.2 Å². The number of carbonyl (C=O) groups excluding carboxylic acids is 2. The van der Waals surface area contributed by atoms with E-state index in [-0.39, 0.29) is 0 Å². The topological polar surface area (TPSA) is 73.9 Å². The summed E-state index contributed by atoms with van der Waals surface area (Å²) < 4.78 is 15.7. The Kier molecular flexibility index (Phi) is 4.65. The molecule has 1 N–H and O–H groups in total. The minimum absolute atomic E-state index is 0.379. The van der Waals surface area contributed by atoms with Gasteiger partial charge in [0, 0.05) is 5.56 Å². The highest BCUT2D eigenvalue weighted by Gasteiger charge is 2.24. The second kappa shape index (κ2) is 7.04. The number of carbonyl (C=O) groups is 2. The Balaban J connectivity index is 1.82. The second-order valence-corrected chi connectivity index (χ2v) is 5.20. The highest BCUT2D eigenvalue weighted by Crippen LogP contribution is 2.30. The van der Waals surface area contributed by atoms with Gasteiger partial charge in [-0.3, -0.25) is 4.79 Å². The third-order valence-electron chi connectivity index (χ3n) is 3.65. The van der Waals surface area contributed by atoms with Gasteiger partial charge in [0.1, 0.15) is 13.2 Å². The predicted molar refractivity (Wildman–Crippen MR) is 86.1 cm³/mol. The van der Waals surface area contributed by atoms with Gasteiger partial charge in [-0.25, -0.2) is 4.79 Å². The van der Waals surface area contributed by atoms with E-state index < -0.39 is 17.9 Å². The van der Waals surface area contributed by atoms with Crippen LogP contribution in [-0.2, 0) is 9.53 Å². The van der Waals surface area contributed by atoms with Gasteiger partial charge in [0.2, 0.25) is 0 Å². The van der Waals surface area contributed by atoms with Crippen LogP contribution in [0, 0.1) is 0 Å². The van der Waals surface area contributed by atoms with Gasteiger partial charge in [-0.2, -0.15) is 0 Å². The van der Waals surface area contributed by atoms with Crippen LogP contribution in [0.5, 0.6) is 11.5 Å². The molecule has 2 aromatic rings. The molecule has 24 heavy (non-hydrogen) atoms. The van der Waals surface area contributed by atoms with E-state index >= 15 is 0 Å². The Bertz CT molecular complexity index is 744. The van der Waals surface area contributed by atoms with E-state index in [0.29, 0.717) is 35.8 Å². The summed E-state index contributed by atoms with van der Waals surface area (Å²) in [5.41, 5.74) is 1.03. The summed E-state index contributed by atoms with van der Waals surface area (Å²) in [5.74, 6) is 0.187. The third kappa shape index (κ3) is 3.32. The fourth-order valence-electron chi connectivity index (χ4n) is 2.44. The molecular weight excluding hydrogens is 310 g/mol. The molecule has 1 aliphatic heterocycles. The van der Waals surface area contributed by atoms with Gasteiger partial charge in [-0.15, -0.1) is 0 Å². The van der Waals surface area contributed by atoms with Crippen LogP contribution in [0.25, 0.3) is 0 Å². The molecule has 6 heteroatoms. The lowest BCUT2D eigenvalue weighted by molar-refractivity contribution is -0.143. The summed E-state index contributed by atoms with van der Waals surface area (Å²) in [6.07, 6.45) is 0. The Morgan fingerprint density at radius 1 is 1.04 bits per heavy atom. The number of amides is 1. The summed E-state index contributed by atoms with van der Waals surface area (Å²) in [4.78, 5) is 24.5. The van der Waals surface area contributed by atoms with Gasteiger partial charge < -0.3 is 19.5 Å². The number of nitrogens with one attached hydrogen (secondary N) is 1. The zero-order valence-corrected chi connectivity index (χ0v) is 13.2. The Hall–Kier alpha value is -3.02. The first-order chi connectivity index (χ1) is 11.7. The fourth-order valence-corrected chi connectivity index (χ4v) is 2.44. The molecule has 0 aliphatic carbocycles. The minimum Gasteiger partial charge on any atom is -0.486 e. The quantitative estimate of drug-likeness (QED) is 0.871. The monoisotopic (exact) mass is 327 g/mol. The molecule has 1 heterocycles. The van der Waals surface area contributed by atoms with Crippen LogP contribution < -0.4 is 14.8 Å². The summed E-state index contributed by atoms with van der Waals surface area (Å²) in [7, 11) is 1.29. The molecule has 0 saturated carbocycles. The van der Waals surface area contributed by atoms with Crippen molar-refractivity contribution in [2.24, 2.45) is 0 Å². The molecule has 0 aromatic heterocycles. The highest BCUT2D eigenvalue weighted by atomic mass is 16.6. The first-order valence-electron chi connectivity index (χ1n) is 7.52. The first-order valence-corrected chi connectivity index (χ1v) is 7.52. The van der Waals surface area contributed by atoms with Gasteiger partial charge in [0.15, 0.2) is 17.5 Å². The van der Waals surface area contributed by atoms with Crippen LogP contribution in [0.3, 0.4) is 0 Å². The maximum Gasteiger partial charge on any atom is 0.333 e. The largest absolute Gasteiger partial charge is 0.486 e. The lowest BCUT2D eigenvalue weighted by atomic mass is 10.1. The average molecular weight is 327 g/mol. The van der Waals surface area contributed by atoms with Crippen molar-refractivity contribution in [1.82, 2.24) is 5.32 Å². The van der Waals surface area contributed by atoms with Crippen LogP contribution in [0.1, 0.15) is 22.0 Å². The van der Waals surface area contributed by atoms with Crippen molar-refractivity contribution in [3.63, 3.8) is 0 Å². The normalized spacial score (nSPS) is 13.7. The molecule has 3 rings (SSSR count). The number of esters is 1. The zero-order chi connectivity index (χ0) is 16.9. The van der Waals surface area contributed by atoms with Crippen molar-refractivity contribution in [2.45, 2.75) is 6.04 Å². The highest BCUT2D eigenvalue weighted by molar-refractivity contribution is 5.97. The Labute approximate surface area is 139 Å². The molecule has 1 atom stereocenters. The number of methoxy groups -OCH3 is 1. The summed E-state index contributed by atoms with van der Waals surface area (Å²) in [6, 6.07) is 13.0. The molecule has 6 nitrogen and oxygen atoms in total. The van der Waals surface area contributed by atoms with Gasteiger partial charge in [-0.05, 0) is 23.8 Å². The fraction of sp³-hybridized carbons (Fsp3) is 0.222. The van der Waals surface area contributed by atoms with Gasteiger partial charge in [0.25, 0.3) is 5.91 Å². The molecule has 0 radical (unpaired) electrons. The van der Waals surface area contributed by atoms with E-state index in [0.717, 1.165) is 0 Å². The smallest absolute Gasteiger partial charge is 0.333 e. The third-order valence-corrected chi connectivity index (χ3v) is 3.65. The van der Waals surface area contributed by atoms with Gasteiger partial charge >= 0.3 is 5.97 Å². The Morgan fingerprint density at radius 3 is 2.46 bits per heavy atom. The molecule has 1 amide bonds. The van der Waals surface area contributed by atoms with Crippen molar-refractivity contribution in [1.29, 1.82) is 0 Å². The molecule has 0 bridgehead atoms. The molecule has 0 spiro atoms. The number of ether oxygens (including phenoxy) is 3. The van der Waals surface area contributed by atoms with E-state index in [2.05, 4.69) is 5.32 Å². The molecule has 1 aliphatic rings. The molecule has 124 valence electrons. The average Bonchev–Trinajstić information content (AvgIpc) is 2.65. The molecule has 0 fully saturated rings. The number of hydrogen-bond acceptors (Lipinski definition) is 5. The zero-order valence-electron chi connectivity index (χ0n) is 13.2. The maximum atomic E-state index is 12.5. The van der Waals surface area contributed by atoms with Crippen LogP contribution in [0.4, 0.5) is 0 Å². The molecular formula is C18H17NO5. The van der Waals surface area contributed by atoms with Crippen LogP contribution >= 0.6 is 0 Å². The number of benzene rings is 2. The predicted octanol–water partition coefficient (Wildman–Crippen LogP) is 2.10. The standard InChI is InChI=1S/C18H17NO5/c1-22-18(21)16(12-5-3-2-4-6-12)19-17(20)13-7-8-14-15(11-13)24-10-9-23-14/h2-8,11,16H,9-10H2,1H3,(H,19,20). The minimum atomic E-state index is -0.878. The Morgan fingerprint density at radius 2 is 1.75 bits per heavy atom. The van der Waals surface area contributed by atoms with E-state index in [9.17, 15) is 9.59 Å². The van der Waals surface area contributed by atoms with Crippen LogP contribution in [0.2, 0.25) is 0 Å². The van der Waals surface area contributed by atoms with Gasteiger partial charge in [-0.1, -0.05) is 30.3 Å². The number of hydrogen-bond donors (Lipinski definition) is 1. The summed E-state index contributed by atoms with van der Waals surface area (Å²) in [5, 5.41) is 2.70. The SMILES string of the molecule is COC(=O)C(NC(=O)c1ccc2c(c1)OCCO2)c1ccccc1. The van der Waals surface area contributed by atoms with Crippen molar-refractivity contribution < 1.29 is 23.8 Å². The molecule has 0 saturated heterocycles. The van der Waals surface area contributed by atoms with E-state index in [1.165, 1.54) is 7.11 Å². The van der Waals surface area contributed by atoms with Gasteiger partial charge in [0.05, 0.1) is 7.11 Å². The first kappa shape index (κ1) is 15.9. The summed E-state index contributed by atoms with van der Waals surface area (Å²) >= 11 is 0. The summed E-state index contributed by atoms with van der Waals surface area (Å²) in [6.45, 7) is 0.920. The lowest BCUT2D eigenvalue weighted by Crippen LogP contribution is -2.34. The van der Waals surface area contributed by atoms with Crippen molar-refractivity contribution in [3.05, 3.63) is 59.7 Å². The maximum absolute atomic E-state index is 12.5.